The molecule has 1 heterocycles. The van der Waals surface area contributed by atoms with Crippen LogP contribution in [0.15, 0.2) is 115 Å². The molecule has 6 unspecified atom stereocenters. The Morgan fingerprint density at radius 3 is 1.45 bits per heavy atom. The second-order valence-corrected chi connectivity index (χ2v) is 10.3. The fourth-order valence-corrected chi connectivity index (χ4v) is 4.92. The zero-order valence-electron chi connectivity index (χ0n) is 23.6. The van der Waals surface area contributed by atoms with E-state index in [2.05, 4.69) is 0 Å². The molecule has 1 aliphatic rings. The summed E-state index contributed by atoms with van der Waals surface area (Å²) in [4.78, 5) is 0. The molecule has 0 aromatic heterocycles. The molecule has 0 bridgehead atoms. The van der Waals surface area contributed by atoms with E-state index in [1.165, 1.54) is 0 Å². The Kier molecular flexibility index (Phi) is 10.8. The number of hydrogen-bond donors (Lipinski definition) is 2. The van der Waals surface area contributed by atoms with Crippen molar-refractivity contribution in [2.45, 2.75) is 64.1 Å². The van der Waals surface area contributed by atoms with Crippen LogP contribution in [0.3, 0.4) is 0 Å². The van der Waals surface area contributed by atoms with Crippen LogP contribution in [0.5, 0.6) is 0 Å². The molecule has 4 aromatic rings. The third kappa shape index (κ3) is 8.32. The van der Waals surface area contributed by atoms with Gasteiger partial charge in [-0.15, -0.1) is 0 Å². The van der Waals surface area contributed by atoms with E-state index in [0.717, 1.165) is 22.3 Å². The van der Waals surface area contributed by atoms with Crippen molar-refractivity contribution >= 4 is 5.69 Å². The summed E-state index contributed by atoms with van der Waals surface area (Å²) in [6.07, 6.45) is -2.64. The average molecular weight is 572 g/mol. The third-order valence-electron chi connectivity index (χ3n) is 7.20. The first-order valence-electron chi connectivity index (χ1n) is 14.1. The largest absolute Gasteiger partial charge is 0.595 e. The van der Waals surface area contributed by atoms with Gasteiger partial charge in [0.05, 0.1) is 32.5 Å². The van der Waals surface area contributed by atoms with Gasteiger partial charge in [0.1, 0.15) is 18.3 Å². The van der Waals surface area contributed by atoms with Crippen LogP contribution in [0.1, 0.15) is 29.2 Å². The molecular weight excluding hydrogens is 534 g/mol. The molecule has 2 N–H and O–H groups in total. The minimum Gasteiger partial charge on any atom is -0.595 e. The Labute approximate surface area is 246 Å². The maximum Gasteiger partial charge on any atom is 0.187 e. The molecule has 0 radical (unpaired) electrons. The summed E-state index contributed by atoms with van der Waals surface area (Å²) in [5, 5.41) is 19.5. The average Bonchev–Trinajstić information content (AvgIpc) is 3.03. The lowest BCUT2D eigenvalue weighted by Crippen LogP contribution is -2.99. The number of nitrogens with one attached hydrogen (secondary N) is 1. The summed E-state index contributed by atoms with van der Waals surface area (Å²) in [6.45, 7) is 3.28. The van der Waals surface area contributed by atoms with Crippen molar-refractivity contribution in [1.82, 2.24) is 0 Å². The molecule has 8 nitrogen and oxygen atoms in total. The van der Waals surface area contributed by atoms with Crippen molar-refractivity contribution in [3.63, 3.8) is 0 Å². The van der Waals surface area contributed by atoms with E-state index in [0.29, 0.717) is 19.8 Å². The van der Waals surface area contributed by atoms with Gasteiger partial charge in [-0.3, -0.25) is 0 Å². The number of ether oxygens (including phenoxy) is 5. The van der Waals surface area contributed by atoms with E-state index >= 15 is 0 Å². The molecule has 0 aliphatic carbocycles. The minimum absolute atomic E-state index is 0.212. The maximum atomic E-state index is 11.3. The van der Waals surface area contributed by atoms with Gasteiger partial charge in [0.2, 0.25) is 0 Å². The molecule has 4 aromatic carbocycles. The second kappa shape index (κ2) is 15.2. The van der Waals surface area contributed by atoms with Gasteiger partial charge in [-0.05, 0) is 29.2 Å². The van der Waals surface area contributed by atoms with E-state index in [-0.39, 0.29) is 18.4 Å². The number of benzene rings is 4. The fraction of sp³-hybridized carbons (Fsp3) is 0.294. The predicted octanol–water partition coefficient (Wildman–Crippen LogP) is 5.11. The van der Waals surface area contributed by atoms with Crippen molar-refractivity contribution in [2.24, 2.45) is 0 Å². The van der Waals surface area contributed by atoms with Gasteiger partial charge in [-0.1, -0.05) is 103 Å². The van der Waals surface area contributed by atoms with Gasteiger partial charge in [-0.2, -0.15) is 5.23 Å². The minimum atomic E-state index is -0.971. The molecule has 6 atom stereocenters. The van der Waals surface area contributed by atoms with E-state index in [1.807, 2.05) is 97.9 Å². The van der Waals surface area contributed by atoms with Crippen LogP contribution in [0.2, 0.25) is 0 Å². The SMILES string of the molecule is CC1OC(OCc2ccc([NH+]([O-])O)cc2)C(OCc2ccccc2)C(OCc2ccccc2)C1OCc1ccccc1. The Morgan fingerprint density at radius 2 is 0.976 bits per heavy atom. The summed E-state index contributed by atoms with van der Waals surface area (Å²) in [7, 11) is 0. The Balaban J connectivity index is 1.38. The normalized spacial score (nSPS) is 23.0. The standard InChI is InChI=1S/C34H37NO7/c1-25-31(38-21-26-11-5-2-6-12-26)32(39-22-27-13-7-3-8-14-27)33(40-23-28-15-9-4-10-16-28)34(42-25)41-24-29-17-19-30(20-18-29)35(36)37/h2-20,25,31-36H,21-24H2,1H3. The molecule has 42 heavy (non-hydrogen) atoms. The summed E-state index contributed by atoms with van der Waals surface area (Å²) in [5.74, 6) is 0. The molecule has 0 amide bonds. The van der Waals surface area contributed by atoms with Gasteiger partial charge in [-0.25, -0.2) is 5.21 Å². The van der Waals surface area contributed by atoms with Crippen LogP contribution < -0.4 is 5.23 Å². The Hall–Kier alpha value is -3.44. The predicted molar refractivity (Wildman–Crippen MR) is 156 cm³/mol. The molecule has 8 heteroatoms. The number of quaternary nitrogens is 1. The van der Waals surface area contributed by atoms with E-state index in [1.54, 1.807) is 24.3 Å². The van der Waals surface area contributed by atoms with Crippen LogP contribution in [-0.4, -0.2) is 35.9 Å². The van der Waals surface area contributed by atoms with Crippen LogP contribution in [0.25, 0.3) is 0 Å². The molecule has 1 aliphatic heterocycles. The fourth-order valence-electron chi connectivity index (χ4n) is 4.92. The molecule has 1 saturated heterocycles. The quantitative estimate of drug-likeness (QED) is 0.216. The van der Waals surface area contributed by atoms with Crippen molar-refractivity contribution in [3.8, 4) is 0 Å². The smallest absolute Gasteiger partial charge is 0.187 e. The highest BCUT2D eigenvalue weighted by Gasteiger charge is 2.47. The first kappa shape index (κ1) is 30.0. The Morgan fingerprint density at radius 1 is 0.571 bits per heavy atom. The van der Waals surface area contributed by atoms with Crippen molar-refractivity contribution < 1.29 is 34.1 Å². The van der Waals surface area contributed by atoms with E-state index in [9.17, 15) is 10.4 Å². The number of hydrogen-bond acceptors (Lipinski definition) is 7. The van der Waals surface area contributed by atoms with Crippen LogP contribution in [0, 0.1) is 5.21 Å². The molecule has 0 saturated carbocycles. The first-order chi connectivity index (χ1) is 20.6. The monoisotopic (exact) mass is 571 g/mol. The molecule has 0 spiro atoms. The summed E-state index contributed by atoms with van der Waals surface area (Å²) in [6, 6.07) is 36.5. The molecule has 5 rings (SSSR count). The van der Waals surface area contributed by atoms with Crippen molar-refractivity contribution in [2.75, 3.05) is 0 Å². The topological polar surface area (TPSA) is 93.9 Å². The highest BCUT2D eigenvalue weighted by molar-refractivity contribution is 5.32. The van der Waals surface area contributed by atoms with Gasteiger partial charge in [0.15, 0.2) is 12.0 Å². The van der Waals surface area contributed by atoms with Gasteiger partial charge < -0.3 is 28.9 Å². The van der Waals surface area contributed by atoms with Crippen molar-refractivity contribution in [3.05, 3.63) is 143 Å². The number of rotatable bonds is 13. The highest BCUT2D eigenvalue weighted by Crippen LogP contribution is 2.31. The second-order valence-electron chi connectivity index (χ2n) is 10.3. The van der Waals surface area contributed by atoms with Crippen LogP contribution in [-0.2, 0) is 50.1 Å². The van der Waals surface area contributed by atoms with Crippen LogP contribution in [0.4, 0.5) is 5.69 Å². The molecule has 1 fully saturated rings. The van der Waals surface area contributed by atoms with E-state index < -0.39 is 29.8 Å². The summed E-state index contributed by atoms with van der Waals surface area (Å²) < 4.78 is 32.3. The molecular formula is C34H37NO7. The van der Waals surface area contributed by atoms with Gasteiger partial charge in [0, 0.05) is 12.1 Å². The zero-order chi connectivity index (χ0) is 29.1. The lowest BCUT2D eigenvalue weighted by Gasteiger charge is -2.45. The third-order valence-corrected chi connectivity index (χ3v) is 7.20. The van der Waals surface area contributed by atoms with Crippen LogP contribution >= 0.6 is 0 Å². The first-order valence-corrected chi connectivity index (χ1v) is 14.1. The summed E-state index contributed by atoms with van der Waals surface area (Å²) in [5.41, 5.74) is 4.15. The maximum absolute atomic E-state index is 11.3. The molecule has 220 valence electrons. The zero-order valence-corrected chi connectivity index (χ0v) is 23.6. The van der Waals surface area contributed by atoms with Gasteiger partial charge in [0.25, 0.3) is 0 Å². The summed E-state index contributed by atoms with van der Waals surface area (Å²) >= 11 is 0. The van der Waals surface area contributed by atoms with Gasteiger partial charge >= 0.3 is 0 Å². The highest BCUT2D eigenvalue weighted by atomic mass is 16.8. The Bertz CT molecular complexity index is 1320. The van der Waals surface area contributed by atoms with E-state index in [4.69, 9.17) is 23.7 Å². The lowest BCUT2D eigenvalue weighted by molar-refractivity contribution is -0.991. The van der Waals surface area contributed by atoms with Crippen molar-refractivity contribution in [1.29, 1.82) is 0 Å². The lowest BCUT2D eigenvalue weighted by atomic mass is 9.98.